The molecule has 3 heterocycles. The molecule has 0 radical (unpaired) electrons. The van der Waals surface area contributed by atoms with Gasteiger partial charge in [0.05, 0.1) is 18.4 Å². The van der Waals surface area contributed by atoms with Gasteiger partial charge in [-0.25, -0.2) is 9.37 Å². The lowest BCUT2D eigenvalue weighted by atomic mass is 9.85. The maximum Gasteiger partial charge on any atom is 0.227 e. The average molecular weight is 442 g/mol. The van der Waals surface area contributed by atoms with Gasteiger partial charge < -0.3 is 4.90 Å². The van der Waals surface area contributed by atoms with Crippen LogP contribution < -0.4 is 0 Å². The smallest absolute Gasteiger partial charge is 0.227 e. The zero-order valence-corrected chi connectivity index (χ0v) is 18.1. The topological polar surface area (TPSA) is 91.9 Å². The Hall–Kier alpha value is -2.86. The Morgan fingerprint density at radius 2 is 2.00 bits per heavy atom. The molecule has 2 fully saturated rings. The van der Waals surface area contributed by atoms with Gasteiger partial charge in [0, 0.05) is 13.6 Å². The van der Waals surface area contributed by atoms with Gasteiger partial charge in [-0.05, 0) is 48.5 Å². The van der Waals surface area contributed by atoms with Crippen molar-refractivity contribution in [2.75, 3.05) is 18.1 Å². The highest BCUT2D eigenvalue weighted by atomic mass is 32.2. The van der Waals surface area contributed by atoms with Crippen molar-refractivity contribution >= 4 is 27.0 Å². The van der Waals surface area contributed by atoms with E-state index in [2.05, 4.69) is 16.2 Å². The largest absolute Gasteiger partial charge is 0.334 e. The number of hydrogen-bond donors (Lipinski definition) is 0. The monoisotopic (exact) mass is 441 g/mol. The van der Waals surface area contributed by atoms with E-state index in [1.165, 1.54) is 18.5 Å². The number of ketones is 1. The molecular weight excluding hydrogens is 417 g/mol. The van der Waals surface area contributed by atoms with Crippen LogP contribution in [0.1, 0.15) is 24.2 Å². The Kier molecular flexibility index (Phi) is 6.28. The van der Waals surface area contributed by atoms with Crippen molar-refractivity contribution < 1.29 is 14.0 Å². The third-order valence-electron chi connectivity index (χ3n) is 6.02. The van der Waals surface area contributed by atoms with Gasteiger partial charge in [-0.3, -0.25) is 14.3 Å². The van der Waals surface area contributed by atoms with Gasteiger partial charge in [-0.1, -0.05) is 12.1 Å². The standard InChI is InChI=1S/C22H24FN5O2S/c1-27-20(25-14-26-27)13-28-12-18(21(29)19(11-24)31-8-2-3-9-31)17(22(28)30)10-15-4-6-16(23)7-5-15/h4-7,14,17-18H,2-3,8-10,12-13H2,1H3/t17-,18+/m1/s1. The molecule has 2 aliphatic heterocycles. The molecule has 2 atom stereocenters. The number of aryl methyl sites for hydroxylation is 1. The highest BCUT2D eigenvalue weighted by Gasteiger charge is 2.45. The second kappa shape index (κ2) is 9.10. The van der Waals surface area contributed by atoms with E-state index < -0.39 is 11.8 Å². The molecule has 1 amide bonds. The number of benzene rings is 1. The van der Waals surface area contributed by atoms with Gasteiger partial charge in [-0.15, -0.1) is 0 Å². The van der Waals surface area contributed by atoms with Crippen LogP contribution in [-0.2, 0) is 29.6 Å². The van der Waals surface area contributed by atoms with E-state index in [1.807, 2.05) is 0 Å². The molecule has 0 spiro atoms. The number of nitriles is 1. The Labute approximate surface area is 182 Å². The Balaban J connectivity index is 1.63. The number of halogens is 1. The summed E-state index contributed by atoms with van der Waals surface area (Å²) in [5.41, 5.74) is 0.792. The SMILES string of the molecule is Cn1ncnc1CN1C[C@H](C(=O)C(C#N)=S2CCCC2)[C@@H](Cc2ccc(F)cc2)C1=O. The van der Waals surface area contributed by atoms with Crippen molar-refractivity contribution in [2.24, 2.45) is 18.9 Å². The molecule has 1 aromatic heterocycles. The zero-order valence-electron chi connectivity index (χ0n) is 17.3. The lowest BCUT2D eigenvalue weighted by molar-refractivity contribution is -0.132. The van der Waals surface area contributed by atoms with E-state index >= 15 is 0 Å². The first-order valence-electron chi connectivity index (χ1n) is 10.3. The molecule has 2 aliphatic rings. The van der Waals surface area contributed by atoms with Gasteiger partial charge in [0.1, 0.15) is 28.9 Å². The van der Waals surface area contributed by atoms with E-state index in [-0.39, 0.29) is 41.1 Å². The van der Waals surface area contributed by atoms with Gasteiger partial charge in [0.25, 0.3) is 0 Å². The second-order valence-electron chi connectivity index (χ2n) is 7.98. The molecule has 2 aromatic rings. The molecule has 1 aromatic carbocycles. The maximum absolute atomic E-state index is 13.5. The number of nitrogens with zero attached hydrogens (tertiary/aromatic N) is 5. The van der Waals surface area contributed by atoms with Crippen molar-refractivity contribution in [1.82, 2.24) is 19.7 Å². The molecule has 2 saturated heterocycles. The summed E-state index contributed by atoms with van der Waals surface area (Å²) in [6, 6.07) is 8.17. The number of amides is 1. The minimum atomic E-state index is -0.589. The molecule has 9 heteroatoms. The molecule has 0 N–H and O–H groups in total. The summed E-state index contributed by atoms with van der Waals surface area (Å²) in [5, 5.41) is 13.8. The molecule has 0 unspecified atom stereocenters. The summed E-state index contributed by atoms with van der Waals surface area (Å²) in [4.78, 5) is 32.9. The summed E-state index contributed by atoms with van der Waals surface area (Å²) >= 11 is 0. The third-order valence-corrected chi connectivity index (χ3v) is 8.45. The van der Waals surface area contributed by atoms with Gasteiger partial charge in [0.2, 0.25) is 5.91 Å². The van der Waals surface area contributed by atoms with Crippen LogP contribution in [-0.4, -0.2) is 54.3 Å². The van der Waals surface area contributed by atoms with E-state index in [0.717, 1.165) is 29.9 Å². The van der Waals surface area contributed by atoms with E-state index in [9.17, 15) is 19.2 Å². The predicted molar refractivity (Wildman–Crippen MR) is 116 cm³/mol. The van der Waals surface area contributed by atoms with Crippen molar-refractivity contribution in [3.8, 4) is 6.07 Å². The Bertz CT molecular complexity index is 1060. The number of carbonyl (C=O) groups is 2. The number of likely N-dealkylation sites (tertiary alicyclic amines) is 1. The first-order valence-corrected chi connectivity index (χ1v) is 11.9. The lowest BCUT2D eigenvalue weighted by Crippen LogP contribution is -2.31. The normalized spacial score (nSPS) is 21.5. The summed E-state index contributed by atoms with van der Waals surface area (Å²) in [6.07, 6.45) is 3.82. The summed E-state index contributed by atoms with van der Waals surface area (Å²) < 4.78 is 14.9. The number of Topliss-reactive ketones (excluding diaryl/α,β-unsaturated/α-hetero) is 1. The van der Waals surface area contributed by atoms with Crippen LogP contribution in [0.2, 0.25) is 0 Å². The van der Waals surface area contributed by atoms with E-state index in [1.54, 1.807) is 28.8 Å². The fourth-order valence-corrected chi connectivity index (χ4v) is 6.58. The molecule has 7 nitrogen and oxygen atoms in total. The fraction of sp³-hybridized carbons (Fsp3) is 0.455. The van der Waals surface area contributed by atoms with Crippen LogP contribution >= 0.6 is 10.5 Å². The quantitative estimate of drug-likeness (QED) is 0.640. The van der Waals surface area contributed by atoms with E-state index in [4.69, 9.17) is 0 Å². The first kappa shape index (κ1) is 21.4. The van der Waals surface area contributed by atoms with Gasteiger partial charge >= 0.3 is 0 Å². The van der Waals surface area contributed by atoms with Crippen LogP contribution in [0.3, 0.4) is 0 Å². The Morgan fingerprint density at radius 3 is 2.61 bits per heavy atom. The Morgan fingerprint density at radius 1 is 1.29 bits per heavy atom. The molecular formula is C22H24FN5O2S. The van der Waals surface area contributed by atoms with Crippen LogP contribution in [0, 0.1) is 29.0 Å². The number of hydrogen-bond acceptors (Lipinski definition) is 5. The third kappa shape index (κ3) is 4.44. The summed E-state index contributed by atoms with van der Waals surface area (Å²) in [7, 11) is 1.44. The van der Waals surface area contributed by atoms with Crippen molar-refractivity contribution in [1.29, 1.82) is 5.26 Å². The molecule has 31 heavy (non-hydrogen) atoms. The molecule has 0 aliphatic carbocycles. The first-order chi connectivity index (χ1) is 15.0. The highest BCUT2D eigenvalue weighted by molar-refractivity contribution is 8.17. The highest BCUT2D eigenvalue weighted by Crippen LogP contribution is 2.33. The number of rotatable bonds is 6. The van der Waals surface area contributed by atoms with Crippen LogP contribution in [0.4, 0.5) is 4.39 Å². The van der Waals surface area contributed by atoms with E-state index in [0.29, 0.717) is 17.1 Å². The minimum Gasteiger partial charge on any atom is -0.334 e. The number of aromatic nitrogens is 3. The number of carbonyl (C=O) groups excluding carboxylic acids is 2. The van der Waals surface area contributed by atoms with Crippen LogP contribution in [0.25, 0.3) is 0 Å². The molecule has 0 bridgehead atoms. The van der Waals surface area contributed by atoms with Crippen LogP contribution in [0.5, 0.6) is 0 Å². The fourth-order valence-electron chi connectivity index (χ4n) is 4.30. The zero-order chi connectivity index (χ0) is 22.0. The lowest BCUT2D eigenvalue weighted by Gasteiger charge is -2.16. The second-order valence-corrected chi connectivity index (χ2v) is 10.2. The van der Waals surface area contributed by atoms with Crippen molar-refractivity contribution in [3.63, 3.8) is 0 Å². The van der Waals surface area contributed by atoms with Crippen molar-refractivity contribution in [2.45, 2.75) is 25.8 Å². The molecule has 4 rings (SSSR count). The molecule has 0 saturated carbocycles. The van der Waals surface area contributed by atoms with Gasteiger partial charge in [0.15, 0.2) is 5.78 Å². The van der Waals surface area contributed by atoms with Crippen molar-refractivity contribution in [3.05, 3.63) is 47.8 Å². The van der Waals surface area contributed by atoms with Crippen LogP contribution in [0.15, 0.2) is 30.6 Å². The maximum atomic E-state index is 13.5. The van der Waals surface area contributed by atoms with Gasteiger partial charge in [-0.2, -0.15) is 20.8 Å². The average Bonchev–Trinajstić information content (AvgIpc) is 3.49. The predicted octanol–water partition coefficient (Wildman–Crippen LogP) is 2.10. The minimum absolute atomic E-state index is 0.141. The summed E-state index contributed by atoms with van der Waals surface area (Å²) in [5.74, 6) is 0.520. The molecule has 162 valence electrons. The summed E-state index contributed by atoms with van der Waals surface area (Å²) in [6.45, 7) is 0.505.